The van der Waals surface area contributed by atoms with Gasteiger partial charge >= 0.3 is 6.09 Å². The highest BCUT2D eigenvalue weighted by Gasteiger charge is 2.55. The number of carbonyl (C=O) groups excluding carboxylic acids is 1. The minimum Gasteiger partial charge on any atom is -0.465 e. The molecule has 3 N–H and O–H groups in total. The summed E-state index contributed by atoms with van der Waals surface area (Å²) in [6.07, 6.45) is 5.07. The number of carboxylic acid groups (broad SMARTS) is 1. The highest BCUT2D eigenvalue weighted by Crippen LogP contribution is 2.43. The summed E-state index contributed by atoms with van der Waals surface area (Å²) >= 11 is 0. The number of nitrogens with zero attached hydrogens (tertiary/aromatic N) is 4. The van der Waals surface area contributed by atoms with Crippen molar-refractivity contribution in [3.05, 3.63) is 35.0 Å². The van der Waals surface area contributed by atoms with Crippen LogP contribution in [0.2, 0.25) is 0 Å². The third-order valence-corrected chi connectivity index (χ3v) is 5.23. The Morgan fingerprint density at radius 1 is 1.32 bits per heavy atom. The Morgan fingerprint density at radius 2 is 2.07 bits per heavy atom. The molecule has 1 unspecified atom stereocenters. The number of hydrogen-bond acceptors (Lipinski definition) is 5. The van der Waals surface area contributed by atoms with E-state index in [1.165, 1.54) is 15.8 Å². The number of piperidine rings is 1. The molecule has 0 aliphatic carbocycles. The fourth-order valence-electron chi connectivity index (χ4n) is 3.80. The van der Waals surface area contributed by atoms with E-state index in [-0.39, 0.29) is 18.2 Å². The van der Waals surface area contributed by atoms with Crippen LogP contribution in [0, 0.1) is 5.41 Å². The van der Waals surface area contributed by atoms with Gasteiger partial charge in [0.1, 0.15) is 11.2 Å². The standard InChI is InChI=1S/C18H24N6O4/c1-17(2,3)18(7-4-5-9-23(18)16(27)28)14(26)21-12-11-19-15(22-13(12)25)24-10-6-8-20-24/h6,8,10-11H,4-5,7,9H2,1-3H3,(H,21,26)(H,27,28)(H,19,22,25). The molecule has 0 bridgehead atoms. The molecule has 0 saturated carbocycles. The van der Waals surface area contributed by atoms with Crippen molar-refractivity contribution in [1.82, 2.24) is 24.6 Å². The predicted molar refractivity (Wildman–Crippen MR) is 101 cm³/mol. The summed E-state index contributed by atoms with van der Waals surface area (Å²) in [6.45, 7) is 5.76. The molecule has 2 amide bonds. The normalized spacial score (nSPS) is 20.0. The van der Waals surface area contributed by atoms with Crippen LogP contribution < -0.4 is 10.9 Å². The second kappa shape index (κ2) is 7.10. The van der Waals surface area contributed by atoms with Crippen LogP contribution in [0.15, 0.2) is 29.5 Å². The molecule has 3 rings (SSSR count). The molecular weight excluding hydrogens is 364 g/mol. The number of H-pyrrole nitrogens is 1. The van der Waals surface area contributed by atoms with Gasteiger partial charge in [-0.15, -0.1) is 0 Å². The Balaban J connectivity index is 1.95. The molecule has 28 heavy (non-hydrogen) atoms. The van der Waals surface area contributed by atoms with Gasteiger partial charge in [0.2, 0.25) is 5.95 Å². The number of anilines is 1. The van der Waals surface area contributed by atoms with Crippen LogP contribution in [0.1, 0.15) is 40.0 Å². The van der Waals surface area contributed by atoms with Crippen molar-refractivity contribution in [2.75, 3.05) is 11.9 Å². The summed E-state index contributed by atoms with van der Waals surface area (Å²) in [5.41, 5.74) is -2.55. The van der Waals surface area contributed by atoms with Crippen LogP contribution in [0.4, 0.5) is 10.5 Å². The van der Waals surface area contributed by atoms with Gasteiger partial charge in [0, 0.05) is 18.9 Å². The SMILES string of the molecule is CC(C)(C)C1(C(=O)Nc2cnc(-n3cccn3)[nH]c2=O)CCCCN1C(=O)O. The number of aromatic amines is 1. The summed E-state index contributed by atoms with van der Waals surface area (Å²) in [6, 6.07) is 1.69. The van der Waals surface area contributed by atoms with Gasteiger partial charge in [-0.1, -0.05) is 20.8 Å². The Kier molecular flexibility index (Phi) is 4.97. The largest absolute Gasteiger partial charge is 0.465 e. The number of likely N-dealkylation sites (tertiary alicyclic amines) is 1. The molecule has 2 aromatic heterocycles. The fraction of sp³-hybridized carbons (Fsp3) is 0.500. The average Bonchev–Trinajstić information content (AvgIpc) is 3.16. The van der Waals surface area contributed by atoms with Crippen molar-refractivity contribution in [2.24, 2.45) is 5.41 Å². The Labute approximate surface area is 161 Å². The number of carbonyl (C=O) groups is 2. The maximum absolute atomic E-state index is 13.3. The van der Waals surface area contributed by atoms with E-state index in [0.717, 1.165) is 6.42 Å². The molecule has 0 aromatic carbocycles. The summed E-state index contributed by atoms with van der Waals surface area (Å²) in [4.78, 5) is 45.5. The van der Waals surface area contributed by atoms with E-state index in [4.69, 9.17) is 0 Å². The molecule has 2 aromatic rings. The summed E-state index contributed by atoms with van der Waals surface area (Å²) in [5, 5.41) is 16.3. The number of hydrogen-bond donors (Lipinski definition) is 3. The van der Waals surface area contributed by atoms with E-state index in [9.17, 15) is 19.5 Å². The van der Waals surface area contributed by atoms with E-state index in [1.807, 2.05) is 20.8 Å². The molecule has 10 nitrogen and oxygen atoms in total. The molecule has 1 atom stereocenters. The maximum atomic E-state index is 13.3. The first-order valence-electron chi connectivity index (χ1n) is 9.08. The highest BCUT2D eigenvalue weighted by molar-refractivity contribution is 6.00. The third-order valence-electron chi connectivity index (χ3n) is 5.23. The third kappa shape index (κ3) is 3.25. The molecule has 1 aliphatic rings. The number of nitrogens with one attached hydrogen (secondary N) is 2. The van der Waals surface area contributed by atoms with Crippen molar-refractivity contribution in [3.63, 3.8) is 0 Å². The second-order valence-electron chi connectivity index (χ2n) is 7.86. The minimum atomic E-state index is -1.29. The van der Waals surface area contributed by atoms with Gasteiger partial charge in [-0.3, -0.25) is 19.5 Å². The second-order valence-corrected chi connectivity index (χ2v) is 7.86. The quantitative estimate of drug-likeness (QED) is 0.735. The van der Waals surface area contributed by atoms with Crippen molar-refractivity contribution in [3.8, 4) is 5.95 Å². The van der Waals surface area contributed by atoms with Gasteiger partial charge in [0.15, 0.2) is 0 Å². The van der Waals surface area contributed by atoms with Crippen LogP contribution >= 0.6 is 0 Å². The lowest BCUT2D eigenvalue weighted by atomic mass is 9.67. The molecule has 1 aliphatic heterocycles. The van der Waals surface area contributed by atoms with Crippen LogP contribution in [0.5, 0.6) is 0 Å². The average molecular weight is 388 g/mol. The van der Waals surface area contributed by atoms with E-state index in [1.54, 1.807) is 18.5 Å². The van der Waals surface area contributed by atoms with E-state index in [0.29, 0.717) is 12.8 Å². The van der Waals surface area contributed by atoms with Gasteiger partial charge in [0.25, 0.3) is 11.5 Å². The lowest BCUT2D eigenvalue weighted by Gasteiger charge is -2.51. The zero-order chi connectivity index (χ0) is 20.5. The zero-order valence-electron chi connectivity index (χ0n) is 16.1. The van der Waals surface area contributed by atoms with Gasteiger partial charge < -0.3 is 10.4 Å². The summed E-state index contributed by atoms with van der Waals surface area (Å²) < 4.78 is 1.39. The number of rotatable bonds is 3. The van der Waals surface area contributed by atoms with Crippen molar-refractivity contribution < 1.29 is 14.7 Å². The van der Waals surface area contributed by atoms with Gasteiger partial charge in [-0.25, -0.2) is 14.5 Å². The van der Waals surface area contributed by atoms with Crippen LogP contribution in [0.25, 0.3) is 5.95 Å². The molecule has 1 saturated heterocycles. The number of aromatic nitrogens is 4. The molecule has 0 radical (unpaired) electrons. The maximum Gasteiger partial charge on any atom is 0.408 e. The van der Waals surface area contributed by atoms with Crippen LogP contribution in [-0.2, 0) is 4.79 Å². The van der Waals surface area contributed by atoms with Gasteiger partial charge in [0.05, 0.1) is 6.20 Å². The first-order chi connectivity index (χ1) is 13.2. The van der Waals surface area contributed by atoms with Gasteiger partial charge in [-0.05, 0) is 30.7 Å². The zero-order valence-corrected chi connectivity index (χ0v) is 16.1. The Morgan fingerprint density at radius 3 is 2.64 bits per heavy atom. The first-order valence-corrected chi connectivity index (χ1v) is 9.08. The van der Waals surface area contributed by atoms with Crippen molar-refractivity contribution in [1.29, 1.82) is 0 Å². The smallest absolute Gasteiger partial charge is 0.408 e. The van der Waals surface area contributed by atoms with E-state index < -0.39 is 28.5 Å². The monoisotopic (exact) mass is 388 g/mol. The predicted octanol–water partition coefficient (Wildman–Crippen LogP) is 1.84. The minimum absolute atomic E-state index is 0.0413. The number of amides is 2. The molecular formula is C18H24N6O4. The summed E-state index contributed by atoms with van der Waals surface area (Å²) in [7, 11) is 0. The molecule has 150 valence electrons. The first kappa shape index (κ1) is 19.6. The van der Waals surface area contributed by atoms with Crippen LogP contribution in [-0.4, -0.2) is 53.8 Å². The van der Waals surface area contributed by atoms with Gasteiger partial charge in [-0.2, -0.15) is 5.10 Å². The van der Waals surface area contributed by atoms with Crippen molar-refractivity contribution >= 4 is 17.7 Å². The topological polar surface area (TPSA) is 133 Å². The van der Waals surface area contributed by atoms with Crippen LogP contribution in [0.3, 0.4) is 0 Å². The Bertz CT molecular complexity index is 930. The molecule has 10 heteroatoms. The molecule has 3 heterocycles. The van der Waals surface area contributed by atoms with E-state index >= 15 is 0 Å². The lowest BCUT2D eigenvalue weighted by molar-refractivity contribution is -0.137. The molecule has 1 fully saturated rings. The highest BCUT2D eigenvalue weighted by atomic mass is 16.4. The van der Waals surface area contributed by atoms with Crippen molar-refractivity contribution in [2.45, 2.75) is 45.6 Å². The van der Waals surface area contributed by atoms with E-state index in [2.05, 4.69) is 20.4 Å². The summed E-state index contributed by atoms with van der Waals surface area (Å²) in [5.74, 6) is -0.315. The molecule has 0 spiro atoms. The fourth-order valence-corrected chi connectivity index (χ4v) is 3.80. The lowest BCUT2D eigenvalue weighted by Crippen LogP contribution is -2.67. The Hall–Kier alpha value is -3.17.